The number of methoxy groups -OCH3 is 1. The molecule has 0 saturated heterocycles. The van der Waals surface area contributed by atoms with Gasteiger partial charge in [0.05, 0.1) is 7.11 Å². The van der Waals surface area contributed by atoms with Gasteiger partial charge < -0.3 is 18.7 Å². The van der Waals surface area contributed by atoms with Gasteiger partial charge in [-0.15, -0.1) is 0 Å². The molecule has 4 unspecified atom stereocenters. The van der Waals surface area contributed by atoms with Crippen LogP contribution in [0.4, 0.5) is 13.2 Å². The quantitative estimate of drug-likeness (QED) is 0.154. The zero-order valence-electron chi connectivity index (χ0n) is 24.6. The second-order valence-corrected chi connectivity index (χ2v) is 12.4. The van der Waals surface area contributed by atoms with E-state index in [1.165, 1.54) is 19.2 Å². The van der Waals surface area contributed by atoms with Gasteiger partial charge in [0.25, 0.3) is 0 Å². The molecule has 2 heterocycles. The number of aryl methyl sites for hydroxylation is 2. The normalized spacial score (nSPS) is 21.7. The van der Waals surface area contributed by atoms with Gasteiger partial charge >= 0.3 is 0 Å². The molecule has 9 heteroatoms. The lowest BCUT2D eigenvalue weighted by atomic mass is 9.73. The monoisotopic (exact) mass is 622 g/mol. The Bertz CT molecular complexity index is 2140. The molecular weight excluding hydrogens is 595 g/mol. The van der Waals surface area contributed by atoms with Gasteiger partial charge in [0.1, 0.15) is 47.6 Å². The van der Waals surface area contributed by atoms with E-state index >= 15 is 13.2 Å². The summed E-state index contributed by atoms with van der Waals surface area (Å²) in [5.74, 6) is 0.966. The molecule has 4 aromatic carbocycles. The number of fused-ring (bicyclic) bond motifs is 2. The van der Waals surface area contributed by atoms with Crippen molar-refractivity contribution in [3.63, 3.8) is 0 Å². The summed E-state index contributed by atoms with van der Waals surface area (Å²) >= 11 is 0. The van der Waals surface area contributed by atoms with Crippen LogP contribution >= 0.6 is 9.24 Å². The Morgan fingerprint density at radius 2 is 1.22 bits per heavy atom. The number of phenols is 1. The smallest absolute Gasteiger partial charge is 0.183 e. The SMILES string of the molecule is [B]C1(F)C(c2c(-c3ccc(O)cc3)oc3cc(C)ccc23)=C(c2c(-c3ccc(OC)cc3)oc3cc(C)ccc23)C(F)(P)C1F. The minimum Gasteiger partial charge on any atom is -0.508 e. The highest BCUT2D eigenvalue weighted by Crippen LogP contribution is 2.62. The number of rotatable bonds is 5. The first-order chi connectivity index (χ1) is 21.4. The van der Waals surface area contributed by atoms with Gasteiger partial charge in [-0.05, 0) is 85.6 Å². The molecule has 4 nitrogen and oxygen atoms in total. The number of phenolic OH excluding ortho intramolecular Hbond substituents is 1. The Balaban J connectivity index is 1.65. The zero-order valence-corrected chi connectivity index (χ0v) is 25.8. The summed E-state index contributed by atoms with van der Waals surface area (Å²) in [6.07, 6.45) is -2.80. The Labute approximate surface area is 261 Å². The Morgan fingerprint density at radius 1 is 0.756 bits per heavy atom. The second kappa shape index (κ2) is 10.3. The van der Waals surface area contributed by atoms with E-state index in [0.29, 0.717) is 38.8 Å². The average Bonchev–Trinajstić information content (AvgIpc) is 3.60. The Kier molecular flexibility index (Phi) is 6.72. The second-order valence-electron chi connectivity index (χ2n) is 11.5. The van der Waals surface area contributed by atoms with Crippen molar-refractivity contribution in [1.82, 2.24) is 0 Å². The molecule has 0 bridgehead atoms. The van der Waals surface area contributed by atoms with E-state index in [1.807, 2.05) is 35.2 Å². The minimum atomic E-state index is -3.29. The average molecular weight is 622 g/mol. The third-order valence-electron chi connectivity index (χ3n) is 8.43. The van der Waals surface area contributed by atoms with Crippen LogP contribution < -0.4 is 4.74 Å². The predicted octanol–water partition coefficient (Wildman–Crippen LogP) is 9.48. The zero-order chi connectivity index (χ0) is 31.8. The first kappa shape index (κ1) is 29.3. The predicted molar refractivity (Wildman–Crippen MR) is 176 cm³/mol. The van der Waals surface area contributed by atoms with Crippen LogP contribution in [0.1, 0.15) is 22.3 Å². The van der Waals surface area contributed by atoms with Crippen molar-refractivity contribution in [1.29, 1.82) is 0 Å². The van der Waals surface area contributed by atoms with E-state index in [-0.39, 0.29) is 34.0 Å². The van der Waals surface area contributed by atoms with Gasteiger partial charge in [0, 0.05) is 44.2 Å². The van der Waals surface area contributed by atoms with Crippen LogP contribution in [0.2, 0.25) is 0 Å². The lowest BCUT2D eigenvalue weighted by Gasteiger charge is -2.25. The molecule has 45 heavy (non-hydrogen) atoms. The third-order valence-corrected chi connectivity index (χ3v) is 9.01. The maximum atomic E-state index is 17.1. The van der Waals surface area contributed by atoms with Crippen molar-refractivity contribution >= 4 is 50.2 Å². The van der Waals surface area contributed by atoms with Crippen molar-refractivity contribution < 1.29 is 31.8 Å². The van der Waals surface area contributed by atoms with Crippen LogP contribution in [0.15, 0.2) is 93.8 Å². The van der Waals surface area contributed by atoms with Gasteiger partial charge in [-0.3, -0.25) is 0 Å². The fourth-order valence-electron chi connectivity index (χ4n) is 6.24. The van der Waals surface area contributed by atoms with E-state index in [9.17, 15) is 5.11 Å². The van der Waals surface area contributed by atoms with Crippen LogP contribution in [-0.4, -0.2) is 37.2 Å². The number of benzene rings is 4. The van der Waals surface area contributed by atoms with E-state index in [4.69, 9.17) is 21.4 Å². The highest BCUT2D eigenvalue weighted by molar-refractivity contribution is 7.20. The fourth-order valence-corrected chi connectivity index (χ4v) is 6.77. The summed E-state index contributed by atoms with van der Waals surface area (Å²) in [6.45, 7) is 3.76. The topological polar surface area (TPSA) is 55.7 Å². The Hall–Kier alpha value is -4.42. The molecular formula is C36H27BF3O4P. The van der Waals surface area contributed by atoms with Crippen molar-refractivity contribution in [3.05, 3.63) is 107 Å². The van der Waals surface area contributed by atoms with Gasteiger partial charge in [0.15, 0.2) is 11.6 Å². The van der Waals surface area contributed by atoms with Crippen LogP contribution in [0.3, 0.4) is 0 Å². The standard InChI is InChI=1S/C36H27BF3O4P/c1-18-4-14-24-26(16-18)43-32(20-6-10-22(41)11-7-20)28(24)30-31(36(40,45)34(38)35(30,37)39)29-25-15-5-19(2)17-27(25)44-33(29)21-8-12-23(42-3)13-9-21/h4-17,34,41H,45H2,1-3H3. The summed E-state index contributed by atoms with van der Waals surface area (Å²) in [4.78, 5) is 0. The first-order valence-corrected chi connectivity index (χ1v) is 14.8. The van der Waals surface area contributed by atoms with Gasteiger partial charge in [0.2, 0.25) is 0 Å². The number of aromatic hydroxyl groups is 1. The summed E-state index contributed by atoms with van der Waals surface area (Å²) in [6, 6.07) is 23.7. The maximum Gasteiger partial charge on any atom is 0.183 e. The number of furan rings is 2. The van der Waals surface area contributed by atoms with Gasteiger partial charge in [-0.1, -0.05) is 33.5 Å². The number of allylic oxidation sites excluding steroid dienone is 2. The number of hydrogen-bond acceptors (Lipinski definition) is 4. The van der Waals surface area contributed by atoms with Crippen molar-refractivity contribution in [2.45, 2.75) is 31.0 Å². The fraction of sp³-hybridized carbons (Fsp3) is 0.167. The van der Waals surface area contributed by atoms with Gasteiger partial charge in [-0.25, -0.2) is 13.2 Å². The van der Waals surface area contributed by atoms with E-state index in [1.54, 1.807) is 60.7 Å². The largest absolute Gasteiger partial charge is 0.508 e. The third kappa shape index (κ3) is 4.49. The Morgan fingerprint density at radius 3 is 1.71 bits per heavy atom. The number of hydrogen-bond donors (Lipinski definition) is 1. The summed E-state index contributed by atoms with van der Waals surface area (Å²) < 4.78 is 68.4. The molecule has 2 aromatic heterocycles. The number of ether oxygens (including phenoxy) is 1. The van der Waals surface area contributed by atoms with Crippen LogP contribution in [0, 0.1) is 13.8 Å². The molecule has 0 saturated carbocycles. The lowest BCUT2D eigenvalue weighted by Crippen LogP contribution is -2.40. The molecule has 0 spiro atoms. The molecule has 7 rings (SSSR count). The number of alkyl halides is 3. The van der Waals surface area contributed by atoms with E-state index in [0.717, 1.165) is 11.1 Å². The molecule has 6 aromatic rings. The molecule has 0 fully saturated rings. The van der Waals surface area contributed by atoms with Crippen LogP contribution in [0.5, 0.6) is 11.5 Å². The summed E-state index contributed by atoms with van der Waals surface area (Å²) in [5, 5.41) is 7.88. The van der Waals surface area contributed by atoms with E-state index in [2.05, 4.69) is 0 Å². The molecule has 4 atom stereocenters. The molecule has 1 aliphatic rings. The summed E-state index contributed by atoms with van der Waals surface area (Å²) in [7, 11) is 9.65. The highest BCUT2D eigenvalue weighted by atomic mass is 31.0. The summed E-state index contributed by atoms with van der Waals surface area (Å²) in [5.41, 5.74) is -0.144. The molecule has 0 amide bonds. The molecule has 224 valence electrons. The first-order valence-electron chi connectivity index (χ1n) is 14.3. The molecule has 2 radical (unpaired) electrons. The van der Waals surface area contributed by atoms with Crippen molar-refractivity contribution in [2.75, 3.05) is 7.11 Å². The van der Waals surface area contributed by atoms with Crippen LogP contribution in [0.25, 0.3) is 55.7 Å². The minimum absolute atomic E-state index is 0.00698. The molecule has 1 N–H and O–H groups in total. The van der Waals surface area contributed by atoms with Crippen molar-refractivity contribution in [3.8, 4) is 34.1 Å². The molecule has 1 aliphatic carbocycles. The van der Waals surface area contributed by atoms with Crippen LogP contribution in [-0.2, 0) is 0 Å². The van der Waals surface area contributed by atoms with Crippen molar-refractivity contribution in [2.24, 2.45) is 0 Å². The lowest BCUT2D eigenvalue weighted by molar-refractivity contribution is 0.112. The van der Waals surface area contributed by atoms with Gasteiger partial charge in [-0.2, -0.15) is 0 Å². The number of halogens is 3. The molecule has 0 aliphatic heterocycles. The maximum absolute atomic E-state index is 17.1. The van der Waals surface area contributed by atoms with E-state index < -0.39 is 22.7 Å². The highest BCUT2D eigenvalue weighted by Gasteiger charge is 2.62.